The van der Waals surface area contributed by atoms with Crippen LogP contribution in [0.4, 0.5) is 0 Å². The predicted molar refractivity (Wildman–Crippen MR) is 57.2 cm³/mol. The van der Waals surface area contributed by atoms with Crippen molar-refractivity contribution >= 4 is 5.78 Å². The molecule has 1 aliphatic carbocycles. The molecule has 2 heteroatoms. The molecule has 0 bridgehead atoms. The zero-order chi connectivity index (χ0) is 9.97. The van der Waals surface area contributed by atoms with E-state index < -0.39 is 0 Å². The van der Waals surface area contributed by atoms with Crippen LogP contribution >= 0.6 is 0 Å². The average molecular weight is 195 g/mol. The molecule has 80 valence electrons. The minimum Gasteiger partial charge on any atom is -0.303 e. The number of likely N-dealkylation sites (tertiary alicyclic amines) is 1. The van der Waals surface area contributed by atoms with Crippen molar-refractivity contribution in [3.05, 3.63) is 0 Å². The van der Waals surface area contributed by atoms with Gasteiger partial charge >= 0.3 is 0 Å². The summed E-state index contributed by atoms with van der Waals surface area (Å²) in [5, 5.41) is 0. The predicted octanol–water partition coefficient (Wildman–Crippen LogP) is 2.09. The first kappa shape index (κ1) is 10.2. The van der Waals surface area contributed by atoms with E-state index in [-0.39, 0.29) is 0 Å². The monoisotopic (exact) mass is 195 g/mol. The highest BCUT2D eigenvalue weighted by Gasteiger charge is 2.26. The molecular formula is C12H21NO. The highest BCUT2D eigenvalue weighted by atomic mass is 16.1. The van der Waals surface area contributed by atoms with Crippen LogP contribution < -0.4 is 0 Å². The Labute approximate surface area is 86.7 Å². The summed E-state index contributed by atoms with van der Waals surface area (Å²) in [6, 6.07) is 0. The number of Topliss-reactive ketones (excluding diaryl/α,β-unsaturated/α-hetero) is 1. The van der Waals surface area contributed by atoms with E-state index in [4.69, 9.17) is 0 Å². The number of hydrogen-bond donors (Lipinski definition) is 0. The number of carbonyl (C=O) groups is 1. The van der Waals surface area contributed by atoms with Gasteiger partial charge in [-0.2, -0.15) is 0 Å². The van der Waals surface area contributed by atoms with Crippen molar-refractivity contribution in [3.8, 4) is 0 Å². The summed E-state index contributed by atoms with van der Waals surface area (Å²) in [4.78, 5) is 13.9. The van der Waals surface area contributed by atoms with Crippen LogP contribution in [0.1, 0.15) is 39.0 Å². The number of hydrogen-bond acceptors (Lipinski definition) is 2. The van der Waals surface area contributed by atoms with Crippen molar-refractivity contribution < 1.29 is 4.79 Å². The summed E-state index contributed by atoms with van der Waals surface area (Å²) in [6.07, 6.45) is 5.60. The lowest BCUT2D eigenvalue weighted by Crippen LogP contribution is -2.24. The van der Waals surface area contributed by atoms with Crippen LogP contribution in [0.25, 0.3) is 0 Å². The zero-order valence-electron chi connectivity index (χ0n) is 9.17. The summed E-state index contributed by atoms with van der Waals surface area (Å²) in [5.41, 5.74) is 0. The van der Waals surface area contributed by atoms with Gasteiger partial charge in [-0.3, -0.25) is 4.79 Å². The van der Waals surface area contributed by atoms with E-state index >= 15 is 0 Å². The third kappa shape index (κ3) is 2.35. The number of nitrogens with zero attached hydrogens (tertiary/aromatic N) is 1. The Morgan fingerprint density at radius 2 is 2.29 bits per heavy atom. The molecule has 0 aromatic heterocycles. The highest BCUT2D eigenvalue weighted by molar-refractivity contribution is 5.82. The second-order valence-electron chi connectivity index (χ2n) is 5.04. The summed E-state index contributed by atoms with van der Waals surface area (Å²) < 4.78 is 0. The molecule has 1 saturated carbocycles. The molecule has 1 heterocycles. The third-order valence-corrected chi connectivity index (χ3v) is 3.73. The topological polar surface area (TPSA) is 20.3 Å². The molecule has 2 unspecified atom stereocenters. The van der Waals surface area contributed by atoms with Gasteiger partial charge in [0.1, 0.15) is 5.78 Å². The molecule has 1 saturated heterocycles. The van der Waals surface area contributed by atoms with Crippen molar-refractivity contribution in [2.45, 2.75) is 39.0 Å². The Kier molecular flexibility index (Phi) is 3.22. The van der Waals surface area contributed by atoms with Gasteiger partial charge < -0.3 is 4.90 Å². The average Bonchev–Trinajstić information content (AvgIpc) is 2.72. The molecule has 2 atom stereocenters. The van der Waals surface area contributed by atoms with E-state index in [1.807, 2.05) is 0 Å². The summed E-state index contributed by atoms with van der Waals surface area (Å²) in [6.45, 7) is 5.98. The maximum atomic E-state index is 11.4. The van der Waals surface area contributed by atoms with E-state index in [2.05, 4.69) is 11.8 Å². The van der Waals surface area contributed by atoms with Crippen LogP contribution in [0.5, 0.6) is 0 Å². The first-order valence-corrected chi connectivity index (χ1v) is 6.01. The Bertz CT molecular complexity index is 214. The Hall–Kier alpha value is -0.370. The maximum absolute atomic E-state index is 11.4. The normalized spacial score (nSPS) is 34.2. The minimum atomic E-state index is 0.408. The lowest BCUT2D eigenvalue weighted by Gasteiger charge is -2.17. The van der Waals surface area contributed by atoms with Crippen molar-refractivity contribution in [1.82, 2.24) is 4.90 Å². The molecule has 2 nitrogen and oxygen atoms in total. The van der Waals surface area contributed by atoms with Crippen LogP contribution in [0.2, 0.25) is 0 Å². The van der Waals surface area contributed by atoms with Crippen molar-refractivity contribution in [2.24, 2.45) is 11.8 Å². The van der Waals surface area contributed by atoms with Gasteiger partial charge in [-0.1, -0.05) is 6.92 Å². The largest absolute Gasteiger partial charge is 0.303 e. The third-order valence-electron chi connectivity index (χ3n) is 3.73. The quantitative estimate of drug-likeness (QED) is 0.687. The van der Waals surface area contributed by atoms with E-state index in [1.54, 1.807) is 0 Å². The lowest BCUT2D eigenvalue weighted by molar-refractivity contribution is -0.120. The van der Waals surface area contributed by atoms with Gasteiger partial charge in [0.15, 0.2) is 0 Å². The lowest BCUT2D eigenvalue weighted by atomic mass is 10.0. The summed E-state index contributed by atoms with van der Waals surface area (Å²) >= 11 is 0. The molecule has 0 radical (unpaired) electrons. The fourth-order valence-corrected chi connectivity index (χ4v) is 2.76. The Balaban J connectivity index is 1.69. The molecule has 14 heavy (non-hydrogen) atoms. The molecule has 2 rings (SSSR count). The number of carbonyl (C=O) groups excluding carboxylic acids is 1. The van der Waals surface area contributed by atoms with Crippen molar-refractivity contribution in [2.75, 3.05) is 19.6 Å². The first-order valence-electron chi connectivity index (χ1n) is 6.01. The molecule has 0 amide bonds. The van der Waals surface area contributed by atoms with Crippen LogP contribution in [0.15, 0.2) is 0 Å². The fraction of sp³-hybridized carbons (Fsp3) is 0.917. The molecule has 2 aliphatic rings. The minimum absolute atomic E-state index is 0.408. The van der Waals surface area contributed by atoms with Crippen LogP contribution in [0.3, 0.4) is 0 Å². The highest BCUT2D eigenvalue weighted by Crippen LogP contribution is 2.25. The standard InChI is InChI=1S/C12H21NO/c1-10-5-7-13(9-10)8-6-11-3-2-4-12(11)14/h10-11H,2-9H2,1H3. The fourth-order valence-electron chi connectivity index (χ4n) is 2.76. The van der Waals surface area contributed by atoms with Gasteiger partial charge in [0.2, 0.25) is 0 Å². The van der Waals surface area contributed by atoms with E-state index in [0.29, 0.717) is 11.7 Å². The molecule has 0 N–H and O–H groups in total. The Morgan fingerprint density at radius 3 is 2.86 bits per heavy atom. The van der Waals surface area contributed by atoms with Gasteiger partial charge in [-0.25, -0.2) is 0 Å². The molecular weight excluding hydrogens is 174 g/mol. The molecule has 0 spiro atoms. The second kappa shape index (κ2) is 4.43. The van der Waals surface area contributed by atoms with E-state index in [9.17, 15) is 4.79 Å². The van der Waals surface area contributed by atoms with E-state index in [0.717, 1.165) is 38.1 Å². The van der Waals surface area contributed by atoms with E-state index in [1.165, 1.54) is 19.5 Å². The van der Waals surface area contributed by atoms with Crippen LogP contribution in [0, 0.1) is 11.8 Å². The van der Waals surface area contributed by atoms with Gasteiger partial charge in [-0.05, 0) is 44.7 Å². The zero-order valence-corrected chi connectivity index (χ0v) is 9.17. The van der Waals surface area contributed by atoms with Gasteiger partial charge in [0.25, 0.3) is 0 Å². The summed E-state index contributed by atoms with van der Waals surface area (Å²) in [7, 11) is 0. The maximum Gasteiger partial charge on any atom is 0.136 e. The number of ketones is 1. The molecule has 0 aromatic rings. The van der Waals surface area contributed by atoms with Crippen LogP contribution in [-0.2, 0) is 4.79 Å². The molecule has 0 aromatic carbocycles. The van der Waals surface area contributed by atoms with Crippen LogP contribution in [-0.4, -0.2) is 30.3 Å². The van der Waals surface area contributed by atoms with Gasteiger partial charge in [0.05, 0.1) is 0 Å². The first-order chi connectivity index (χ1) is 6.75. The second-order valence-corrected chi connectivity index (χ2v) is 5.04. The summed E-state index contributed by atoms with van der Waals surface area (Å²) in [5.74, 6) is 1.80. The van der Waals surface area contributed by atoms with Crippen molar-refractivity contribution in [1.29, 1.82) is 0 Å². The van der Waals surface area contributed by atoms with Crippen molar-refractivity contribution in [3.63, 3.8) is 0 Å². The smallest absolute Gasteiger partial charge is 0.136 e. The molecule has 2 fully saturated rings. The molecule has 1 aliphatic heterocycles. The van der Waals surface area contributed by atoms with Gasteiger partial charge in [0, 0.05) is 18.9 Å². The van der Waals surface area contributed by atoms with Gasteiger partial charge in [-0.15, -0.1) is 0 Å². The number of rotatable bonds is 3. The Morgan fingerprint density at radius 1 is 1.43 bits per heavy atom. The SMILES string of the molecule is CC1CCN(CCC2CCCC2=O)C1.